The molecule has 11 heteroatoms. The van der Waals surface area contributed by atoms with Gasteiger partial charge in [-0.3, -0.25) is 14.5 Å². The van der Waals surface area contributed by atoms with Gasteiger partial charge < -0.3 is 15.6 Å². The number of nitrogens with one attached hydrogen (secondary N) is 1. The van der Waals surface area contributed by atoms with E-state index in [4.69, 9.17) is 9.85 Å². The highest BCUT2D eigenvalue weighted by atomic mass is 19.4. The van der Waals surface area contributed by atoms with E-state index in [0.29, 0.717) is 38.4 Å². The molecule has 0 spiro atoms. The number of H-pyrrole nitrogens is 1. The number of fused-ring (bicyclic) bond motifs is 1. The van der Waals surface area contributed by atoms with Crippen LogP contribution in [0.3, 0.4) is 0 Å². The first-order chi connectivity index (χ1) is 16.3. The maximum atomic E-state index is 12.9. The lowest BCUT2D eigenvalue weighted by molar-refractivity contribution is -0.142. The van der Waals surface area contributed by atoms with E-state index in [1.54, 1.807) is 12.1 Å². The van der Waals surface area contributed by atoms with Gasteiger partial charge in [0.25, 0.3) is 11.5 Å². The summed E-state index contributed by atoms with van der Waals surface area (Å²) in [6, 6.07) is 6.12. The number of aromatic amines is 1. The van der Waals surface area contributed by atoms with E-state index < -0.39 is 30.2 Å². The quantitative estimate of drug-likeness (QED) is 0.631. The normalized spacial score (nSPS) is 17.1. The summed E-state index contributed by atoms with van der Waals surface area (Å²) in [7, 11) is 0. The first-order valence-corrected chi connectivity index (χ1v) is 9.71. The number of rotatable bonds is 4. The van der Waals surface area contributed by atoms with Crippen LogP contribution in [0.5, 0.6) is 0 Å². The second-order valence-electron chi connectivity index (χ2n) is 7.48. The zero-order valence-electron chi connectivity index (χ0n) is 19.7. The largest absolute Gasteiger partial charge is 0.438 e. The molecular formula is C21H21F3N6O2. The molecule has 1 aliphatic rings. The molecule has 1 amide bonds. The summed E-state index contributed by atoms with van der Waals surface area (Å²) in [5.74, 6) is -0.908. The number of hydrogen-bond donors (Lipinski definition) is 2. The summed E-state index contributed by atoms with van der Waals surface area (Å²) < 4.78 is 61.7. The van der Waals surface area contributed by atoms with Crippen molar-refractivity contribution in [2.24, 2.45) is 5.73 Å². The molecule has 1 fully saturated rings. The Labute approximate surface area is 185 Å². The Balaban J connectivity index is 1.46. The number of anilines is 1. The number of halogens is 3. The second kappa shape index (κ2) is 8.23. The summed E-state index contributed by atoms with van der Waals surface area (Å²) >= 11 is 0. The van der Waals surface area contributed by atoms with Crippen molar-refractivity contribution >= 4 is 22.6 Å². The average Bonchev–Trinajstić information content (AvgIpc) is 2.77. The number of hydrogen-bond acceptors (Lipinski definition) is 6. The Kier molecular flexibility index (Phi) is 4.66. The molecule has 3 heterocycles. The van der Waals surface area contributed by atoms with Crippen LogP contribution in [-0.2, 0) is 12.7 Å². The van der Waals surface area contributed by atoms with Gasteiger partial charge in [-0.2, -0.15) is 13.2 Å². The standard InChI is InChI=1S/C21H21F3N6O2/c1-12-8-14(10-26-17(12)19(25)31)30-6-4-29(5-7-30)11-13-2-3-15-16(9-13)28-20(32)18(27-15)21(22,23)24/h2-3,8-10H,4-7,11H2,1H3,(H2,25,31)(H,28,32)/i1D3. The van der Waals surface area contributed by atoms with Crippen molar-refractivity contribution in [1.82, 2.24) is 19.9 Å². The van der Waals surface area contributed by atoms with E-state index in [2.05, 4.69) is 19.9 Å². The van der Waals surface area contributed by atoms with Gasteiger partial charge in [-0.25, -0.2) is 9.97 Å². The van der Waals surface area contributed by atoms with E-state index in [9.17, 15) is 22.8 Å². The molecule has 3 aromatic rings. The van der Waals surface area contributed by atoms with E-state index >= 15 is 0 Å². The number of nitrogens with zero attached hydrogens (tertiary/aromatic N) is 4. The van der Waals surface area contributed by atoms with Gasteiger partial charge >= 0.3 is 6.18 Å². The lowest BCUT2D eigenvalue weighted by atomic mass is 10.1. The Hall–Kier alpha value is -3.47. The van der Waals surface area contributed by atoms with Crippen molar-refractivity contribution in [2.45, 2.75) is 19.6 Å². The fourth-order valence-electron chi connectivity index (χ4n) is 3.67. The molecule has 0 bridgehead atoms. The zero-order chi connectivity index (χ0) is 25.5. The highest BCUT2D eigenvalue weighted by molar-refractivity contribution is 5.92. The van der Waals surface area contributed by atoms with Crippen LogP contribution in [0.2, 0.25) is 0 Å². The monoisotopic (exact) mass is 449 g/mol. The van der Waals surface area contributed by atoms with Crippen LogP contribution in [0.1, 0.15) is 31.4 Å². The number of carbonyl (C=O) groups is 1. The van der Waals surface area contributed by atoms with E-state index in [-0.39, 0.29) is 22.3 Å². The molecule has 1 saturated heterocycles. The third kappa shape index (κ3) is 4.42. The molecule has 4 rings (SSSR count). The molecule has 8 nitrogen and oxygen atoms in total. The number of alkyl halides is 3. The molecule has 0 unspecified atom stereocenters. The summed E-state index contributed by atoms with van der Waals surface area (Å²) in [4.78, 5) is 37.1. The zero-order valence-corrected chi connectivity index (χ0v) is 16.7. The van der Waals surface area contributed by atoms with Crippen LogP contribution < -0.4 is 16.2 Å². The predicted molar refractivity (Wildman–Crippen MR) is 112 cm³/mol. The van der Waals surface area contributed by atoms with Crippen LogP contribution in [0.15, 0.2) is 35.3 Å². The van der Waals surface area contributed by atoms with Crippen molar-refractivity contribution in [2.75, 3.05) is 31.1 Å². The van der Waals surface area contributed by atoms with Gasteiger partial charge in [0.1, 0.15) is 5.69 Å². The number of pyridine rings is 1. The summed E-state index contributed by atoms with van der Waals surface area (Å²) in [5.41, 5.74) is 3.63. The number of aromatic nitrogens is 3. The van der Waals surface area contributed by atoms with Gasteiger partial charge in [0, 0.05) is 36.8 Å². The Bertz CT molecular complexity index is 1330. The van der Waals surface area contributed by atoms with Crippen LogP contribution in [0.4, 0.5) is 18.9 Å². The maximum Gasteiger partial charge on any atom is 0.438 e. The minimum atomic E-state index is -4.83. The first-order valence-electron chi connectivity index (χ1n) is 11.2. The summed E-state index contributed by atoms with van der Waals surface area (Å²) in [5, 5.41) is 0. The number of carbonyl (C=O) groups excluding carboxylic acids is 1. The Morgan fingerprint density at radius 3 is 2.66 bits per heavy atom. The number of piperazine rings is 1. The average molecular weight is 449 g/mol. The maximum absolute atomic E-state index is 12.9. The number of benzene rings is 1. The molecule has 32 heavy (non-hydrogen) atoms. The van der Waals surface area contributed by atoms with Crippen molar-refractivity contribution in [3.63, 3.8) is 0 Å². The van der Waals surface area contributed by atoms with Gasteiger partial charge in [-0.1, -0.05) is 6.07 Å². The van der Waals surface area contributed by atoms with Crippen LogP contribution in [-0.4, -0.2) is 51.9 Å². The second-order valence-corrected chi connectivity index (χ2v) is 7.48. The fourth-order valence-corrected chi connectivity index (χ4v) is 3.67. The van der Waals surface area contributed by atoms with Gasteiger partial charge in [-0.05, 0) is 36.2 Å². The number of nitrogens with two attached hydrogens (primary N) is 1. The lowest BCUT2D eigenvalue weighted by Crippen LogP contribution is -2.46. The van der Waals surface area contributed by atoms with Crippen LogP contribution in [0.25, 0.3) is 11.0 Å². The van der Waals surface area contributed by atoms with E-state index in [1.165, 1.54) is 18.3 Å². The molecule has 1 aliphatic heterocycles. The smallest absolute Gasteiger partial charge is 0.368 e. The third-order valence-corrected chi connectivity index (χ3v) is 5.28. The topological polar surface area (TPSA) is 108 Å². The first kappa shape index (κ1) is 18.1. The molecule has 0 radical (unpaired) electrons. The molecule has 0 saturated carbocycles. The number of primary amides is 1. The number of aryl methyl sites for hydroxylation is 1. The van der Waals surface area contributed by atoms with Crippen LogP contribution in [0, 0.1) is 6.85 Å². The molecule has 0 aliphatic carbocycles. The highest BCUT2D eigenvalue weighted by Gasteiger charge is 2.36. The molecule has 168 valence electrons. The van der Waals surface area contributed by atoms with Crippen molar-refractivity contribution < 1.29 is 22.1 Å². The van der Waals surface area contributed by atoms with Crippen LogP contribution >= 0.6 is 0 Å². The third-order valence-electron chi connectivity index (χ3n) is 5.28. The molecular weight excluding hydrogens is 425 g/mol. The van der Waals surface area contributed by atoms with Gasteiger partial charge in [0.05, 0.1) is 22.9 Å². The Morgan fingerprint density at radius 2 is 2.00 bits per heavy atom. The van der Waals surface area contributed by atoms with Gasteiger partial charge in [0.2, 0.25) is 5.69 Å². The fraction of sp³-hybridized carbons (Fsp3) is 0.333. The molecule has 1 aromatic carbocycles. The Morgan fingerprint density at radius 1 is 1.25 bits per heavy atom. The van der Waals surface area contributed by atoms with Gasteiger partial charge in [0.15, 0.2) is 0 Å². The van der Waals surface area contributed by atoms with E-state index in [0.717, 1.165) is 5.56 Å². The summed E-state index contributed by atoms with van der Waals surface area (Å²) in [6.07, 6.45) is -3.41. The predicted octanol–water partition coefficient (Wildman–Crippen LogP) is 2.07. The highest BCUT2D eigenvalue weighted by Crippen LogP contribution is 2.26. The van der Waals surface area contributed by atoms with Crippen molar-refractivity contribution in [1.29, 1.82) is 0 Å². The van der Waals surface area contributed by atoms with Crippen molar-refractivity contribution in [3.8, 4) is 0 Å². The number of amides is 1. The van der Waals surface area contributed by atoms with Crippen molar-refractivity contribution in [3.05, 3.63) is 63.3 Å². The summed E-state index contributed by atoms with van der Waals surface area (Å²) in [6.45, 7) is 0.285. The molecule has 2 aromatic heterocycles. The van der Waals surface area contributed by atoms with Gasteiger partial charge in [-0.15, -0.1) is 0 Å². The minimum absolute atomic E-state index is 0.0439. The minimum Gasteiger partial charge on any atom is -0.368 e. The molecule has 3 N–H and O–H groups in total. The lowest BCUT2D eigenvalue weighted by Gasteiger charge is -2.36. The molecule has 0 atom stereocenters. The SMILES string of the molecule is [2H]C([2H])([2H])c1cc(N2CCN(Cc3ccc4nc(C(F)(F)F)c(=O)[nH]c4c3)CC2)cnc1C(N)=O. The van der Waals surface area contributed by atoms with E-state index in [1.807, 2.05) is 4.90 Å².